The molecule has 2 rings (SSSR count). The van der Waals surface area contributed by atoms with Crippen molar-refractivity contribution < 1.29 is 0 Å². The number of nitrogens with one attached hydrogen (secondary N) is 1. The number of anilines is 1. The zero-order valence-electron chi connectivity index (χ0n) is 9.32. The van der Waals surface area contributed by atoms with Gasteiger partial charge >= 0.3 is 0 Å². The van der Waals surface area contributed by atoms with Gasteiger partial charge in [-0.3, -0.25) is 0 Å². The molecule has 0 spiro atoms. The molecule has 0 aliphatic heterocycles. The van der Waals surface area contributed by atoms with Crippen LogP contribution in [0.25, 0.3) is 0 Å². The molecule has 2 unspecified atom stereocenters. The third-order valence-electron chi connectivity index (χ3n) is 3.29. The summed E-state index contributed by atoms with van der Waals surface area (Å²) < 4.78 is 0. The standard InChI is InChI=1S/C13H17N3/c14-8-10-5-3-7-13(10)16-9-11-4-1-2-6-12(11)15/h1-2,4,6,10,13,16H,3,5,7,9,15H2. The summed E-state index contributed by atoms with van der Waals surface area (Å²) in [6.07, 6.45) is 3.28. The number of rotatable bonds is 3. The second-order valence-corrected chi connectivity index (χ2v) is 4.35. The predicted octanol–water partition coefficient (Wildman–Crippen LogP) is 2.05. The van der Waals surface area contributed by atoms with E-state index in [9.17, 15) is 0 Å². The maximum absolute atomic E-state index is 8.97. The number of hydrogen-bond donors (Lipinski definition) is 2. The minimum absolute atomic E-state index is 0.171. The number of hydrogen-bond acceptors (Lipinski definition) is 3. The van der Waals surface area contributed by atoms with Crippen molar-refractivity contribution in [3.63, 3.8) is 0 Å². The number of para-hydroxylation sites is 1. The first-order valence-electron chi connectivity index (χ1n) is 5.77. The largest absolute Gasteiger partial charge is 0.398 e. The van der Waals surface area contributed by atoms with Crippen molar-refractivity contribution in [1.29, 1.82) is 5.26 Å². The highest BCUT2D eigenvalue weighted by Gasteiger charge is 2.26. The van der Waals surface area contributed by atoms with Gasteiger partial charge in [-0.15, -0.1) is 0 Å². The van der Waals surface area contributed by atoms with Gasteiger partial charge in [0.2, 0.25) is 0 Å². The van der Waals surface area contributed by atoms with Gasteiger partial charge in [0.25, 0.3) is 0 Å². The second-order valence-electron chi connectivity index (χ2n) is 4.35. The van der Waals surface area contributed by atoms with Crippen LogP contribution in [0.3, 0.4) is 0 Å². The third-order valence-corrected chi connectivity index (χ3v) is 3.29. The maximum Gasteiger partial charge on any atom is 0.0672 e. The molecule has 1 aromatic carbocycles. The molecule has 1 fully saturated rings. The van der Waals surface area contributed by atoms with Gasteiger partial charge in [0.1, 0.15) is 0 Å². The fourth-order valence-corrected chi connectivity index (χ4v) is 2.30. The zero-order valence-corrected chi connectivity index (χ0v) is 9.32. The van der Waals surface area contributed by atoms with Gasteiger partial charge < -0.3 is 11.1 Å². The Hall–Kier alpha value is -1.53. The molecule has 0 bridgehead atoms. The lowest BCUT2D eigenvalue weighted by Gasteiger charge is -2.16. The second kappa shape index (κ2) is 5.00. The van der Waals surface area contributed by atoms with Gasteiger partial charge in [-0.25, -0.2) is 0 Å². The molecular formula is C13H17N3. The van der Waals surface area contributed by atoms with E-state index in [1.807, 2.05) is 24.3 Å². The topological polar surface area (TPSA) is 61.8 Å². The highest BCUT2D eigenvalue weighted by Crippen LogP contribution is 2.25. The van der Waals surface area contributed by atoms with Gasteiger partial charge in [0.05, 0.1) is 12.0 Å². The molecule has 0 saturated heterocycles. The van der Waals surface area contributed by atoms with Crippen LogP contribution in [-0.4, -0.2) is 6.04 Å². The van der Waals surface area contributed by atoms with Gasteiger partial charge in [0.15, 0.2) is 0 Å². The van der Waals surface area contributed by atoms with E-state index in [1.165, 1.54) is 0 Å². The van der Waals surface area contributed by atoms with Crippen LogP contribution in [-0.2, 0) is 6.54 Å². The first kappa shape index (κ1) is 11.0. The van der Waals surface area contributed by atoms with E-state index in [2.05, 4.69) is 11.4 Å². The highest BCUT2D eigenvalue weighted by atomic mass is 14.9. The molecule has 1 aromatic rings. The summed E-state index contributed by atoms with van der Waals surface area (Å²) in [6, 6.07) is 10.6. The molecule has 1 aliphatic rings. The molecule has 0 amide bonds. The predicted molar refractivity (Wildman–Crippen MR) is 64.4 cm³/mol. The summed E-state index contributed by atoms with van der Waals surface area (Å²) in [6.45, 7) is 0.759. The van der Waals surface area contributed by atoms with Crippen molar-refractivity contribution in [1.82, 2.24) is 5.32 Å². The van der Waals surface area contributed by atoms with Crippen molar-refractivity contribution in [2.45, 2.75) is 31.8 Å². The lowest BCUT2D eigenvalue weighted by Crippen LogP contribution is -2.31. The Balaban J connectivity index is 1.93. The Morgan fingerprint density at radius 1 is 1.38 bits per heavy atom. The summed E-state index contributed by atoms with van der Waals surface area (Å²) in [5.74, 6) is 0.171. The molecule has 1 saturated carbocycles. The molecule has 0 radical (unpaired) electrons. The molecule has 2 atom stereocenters. The first-order chi connectivity index (χ1) is 7.81. The quantitative estimate of drug-likeness (QED) is 0.758. The van der Waals surface area contributed by atoms with Crippen LogP contribution in [0.2, 0.25) is 0 Å². The zero-order chi connectivity index (χ0) is 11.4. The molecular weight excluding hydrogens is 198 g/mol. The molecule has 84 valence electrons. The molecule has 3 nitrogen and oxygen atoms in total. The van der Waals surface area contributed by atoms with E-state index in [1.54, 1.807) is 0 Å². The number of benzene rings is 1. The van der Waals surface area contributed by atoms with Gasteiger partial charge in [-0.1, -0.05) is 24.6 Å². The Kier molecular flexibility index (Phi) is 3.43. The van der Waals surface area contributed by atoms with Crippen LogP contribution in [0.1, 0.15) is 24.8 Å². The Bertz CT molecular complexity index is 394. The Labute approximate surface area is 96.3 Å². The third kappa shape index (κ3) is 2.34. The minimum Gasteiger partial charge on any atom is -0.398 e. The molecule has 16 heavy (non-hydrogen) atoms. The van der Waals surface area contributed by atoms with E-state index in [4.69, 9.17) is 11.0 Å². The van der Waals surface area contributed by atoms with Crippen molar-refractivity contribution in [2.75, 3.05) is 5.73 Å². The van der Waals surface area contributed by atoms with E-state index < -0.39 is 0 Å². The fourth-order valence-electron chi connectivity index (χ4n) is 2.30. The van der Waals surface area contributed by atoms with Crippen molar-refractivity contribution in [3.05, 3.63) is 29.8 Å². The molecule has 1 aliphatic carbocycles. The lowest BCUT2D eigenvalue weighted by atomic mass is 10.1. The van der Waals surface area contributed by atoms with Crippen LogP contribution in [0.5, 0.6) is 0 Å². The summed E-state index contributed by atoms with van der Waals surface area (Å²) in [7, 11) is 0. The monoisotopic (exact) mass is 215 g/mol. The normalized spacial score (nSPS) is 24.2. The summed E-state index contributed by atoms with van der Waals surface area (Å²) in [4.78, 5) is 0. The van der Waals surface area contributed by atoms with Crippen LogP contribution in [0.15, 0.2) is 24.3 Å². The average Bonchev–Trinajstić information content (AvgIpc) is 2.75. The molecule has 3 heteroatoms. The van der Waals surface area contributed by atoms with E-state index >= 15 is 0 Å². The van der Waals surface area contributed by atoms with E-state index in [0.29, 0.717) is 6.04 Å². The van der Waals surface area contributed by atoms with Crippen LogP contribution < -0.4 is 11.1 Å². The highest BCUT2D eigenvalue weighted by molar-refractivity contribution is 5.46. The Morgan fingerprint density at radius 2 is 2.19 bits per heavy atom. The average molecular weight is 215 g/mol. The summed E-state index contributed by atoms with van der Waals surface area (Å²) >= 11 is 0. The smallest absolute Gasteiger partial charge is 0.0672 e. The van der Waals surface area contributed by atoms with Gasteiger partial charge in [-0.2, -0.15) is 5.26 Å². The number of nitrogens with zero attached hydrogens (tertiary/aromatic N) is 1. The van der Waals surface area contributed by atoms with Gasteiger partial charge in [-0.05, 0) is 24.5 Å². The van der Waals surface area contributed by atoms with Crippen molar-refractivity contribution >= 4 is 5.69 Å². The number of nitrogen functional groups attached to an aromatic ring is 1. The van der Waals surface area contributed by atoms with Crippen molar-refractivity contribution in [3.8, 4) is 6.07 Å². The first-order valence-corrected chi connectivity index (χ1v) is 5.77. The maximum atomic E-state index is 8.97. The minimum atomic E-state index is 0.171. The van der Waals surface area contributed by atoms with Crippen LogP contribution in [0, 0.1) is 17.2 Å². The Morgan fingerprint density at radius 3 is 2.94 bits per heavy atom. The van der Waals surface area contributed by atoms with Crippen LogP contribution >= 0.6 is 0 Å². The molecule has 3 N–H and O–H groups in total. The SMILES string of the molecule is N#CC1CCCC1NCc1ccccc1N. The lowest BCUT2D eigenvalue weighted by molar-refractivity contribution is 0.465. The van der Waals surface area contributed by atoms with E-state index in [-0.39, 0.29) is 5.92 Å². The van der Waals surface area contributed by atoms with Crippen LogP contribution in [0.4, 0.5) is 5.69 Å². The molecule has 0 aromatic heterocycles. The number of nitriles is 1. The molecule has 0 heterocycles. The summed E-state index contributed by atoms with van der Waals surface area (Å²) in [5, 5.41) is 12.4. The fraction of sp³-hybridized carbons (Fsp3) is 0.462. The van der Waals surface area contributed by atoms with E-state index in [0.717, 1.165) is 37.1 Å². The number of nitrogens with two attached hydrogens (primary N) is 1. The summed E-state index contributed by atoms with van der Waals surface area (Å²) in [5.41, 5.74) is 7.81. The van der Waals surface area contributed by atoms with Crippen molar-refractivity contribution in [2.24, 2.45) is 5.92 Å². The van der Waals surface area contributed by atoms with Gasteiger partial charge in [0, 0.05) is 18.3 Å².